The van der Waals surface area contributed by atoms with Crippen LogP contribution in [0.1, 0.15) is 30.3 Å². The van der Waals surface area contributed by atoms with Gasteiger partial charge in [-0.2, -0.15) is 0 Å². The Morgan fingerprint density at radius 2 is 2.20 bits per heavy atom. The summed E-state index contributed by atoms with van der Waals surface area (Å²) >= 11 is 0. The third-order valence-corrected chi connectivity index (χ3v) is 3.29. The second-order valence-corrected chi connectivity index (χ2v) is 4.93. The minimum absolute atomic E-state index is 0.0522. The van der Waals surface area contributed by atoms with Crippen molar-refractivity contribution in [1.82, 2.24) is 18.7 Å². The van der Waals surface area contributed by atoms with E-state index in [-0.39, 0.29) is 17.7 Å². The first-order valence-corrected chi connectivity index (χ1v) is 6.50. The molecule has 2 aromatic rings. The second-order valence-electron chi connectivity index (χ2n) is 4.93. The van der Waals surface area contributed by atoms with Gasteiger partial charge in [-0.05, 0) is 26.2 Å². The van der Waals surface area contributed by atoms with Crippen LogP contribution in [0.25, 0.3) is 11.2 Å². The fourth-order valence-corrected chi connectivity index (χ4v) is 2.18. The summed E-state index contributed by atoms with van der Waals surface area (Å²) in [7, 11) is 1.45. The summed E-state index contributed by atoms with van der Waals surface area (Å²) in [6.07, 6.45) is 2.38. The van der Waals surface area contributed by atoms with Crippen molar-refractivity contribution in [3.63, 3.8) is 0 Å². The van der Waals surface area contributed by atoms with Gasteiger partial charge >= 0.3 is 5.69 Å². The van der Waals surface area contributed by atoms with Gasteiger partial charge in [0.05, 0.1) is 12.4 Å². The van der Waals surface area contributed by atoms with Crippen molar-refractivity contribution in [3.05, 3.63) is 27.2 Å². The normalized spacial score (nSPS) is 15.8. The van der Waals surface area contributed by atoms with Gasteiger partial charge < -0.3 is 9.67 Å². The number of aliphatic hydroxyl groups excluding tert-OH is 1. The molecule has 0 aliphatic carbocycles. The smallest absolute Gasteiger partial charge is 0.332 e. The van der Waals surface area contributed by atoms with Crippen LogP contribution < -0.4 is 11.2 Å². The molecule has 0 saturated carbocycles. The summed E-state index contributed by atoms with van der Waals surface area (Å²) in [6.45, 7) is -0.706. The minimum atomic E-state index is -2.55. The molecular weight excluding hydrogens is 260 g/mol. The lowest BCUT2D eigenvalue weighted by molar-refractivity contribution is 0.180. The second kappa shape index (κ2) is 5.62. The molecule has 1 atom stereocenters. The molecule has 0 spiro atoms. The third kappa shape index (κ3) is 2.53. The Morgan fingerprint density at radius 3 is 2.85 bits per heavy atom. The van der Waals surface area contributed by atoms with E-state index in [1.807, 2.05) is 0 Å². The topological polar surface area (TPSA) is 82.1 Å². The first kappa shape index (κ1) is 10.8. The van der Waals surface area contributed by atoms with E-state index in [1.54, 1.807) is 6.92 Å². The molecule has 1 N–H and O–H groups in total. The molecule has 0 bridgehead atoms. The van der Waals surface area contributed by atoms with Crippen LogP contribution in [-0.4, -0.2) is 29.9 Å². The van der Waals surface area contributed by atoms with E-state index in [1.165, 1.54) is 11.6 Å². The van der Waals surface area contributed by atoms with Gasteiger partial charge in [0.1, 0.15) is 0 Å². The van der Waals surface area contributed by atoms with Crippen molar-refractivity contribution in [1.29, 1.82) is 0 Å². The van der Waals surface area contributed by atoms with Crippen molar-refractivity contribution in [2.75, 3.05) is 0 Å². The van der Waals surface area contributed by atoms with Crippen LogP contribution in [-0.2, 0) is 20.6 Å². The molecule has 2 aromatic heterocycles. The fraction of sp³-hybridized carbons (Fsp3) is 0.615. The molecular formula is C13H20N4O3. The number of aryl methyl sites for hydroxylation is 2. The quantitative estimate of drug-likeness (QED) is 0.782. The Balaban J connectivity index is 2.49. The van der Waals surface area contributed by atoms with Gasteiger partial charge in [-0.15, -0.1) is 0 Å². The number of aromatic nitrogens is 4. The highest BCUT2D eigenvalue weighted by molar-refractivity contribution is 5.69. The molecule has 0 radical (unpaired) electrons. The molecule has 20 heavy (non-hydrogen) atoms. The first-order valence-electron chi connectivity index (χ1n) is 8.00. The SMILES string of the molecule is [2H]C([2H])([2H])n1cnc2c1c(=O)n(CCCC[C@H](C)O)c(=O)n2C. The number of imidazole rings is 1. The lowest BCUT2D eigenvalue weighted by Crippen LogP contribution is -2.39. The molecule has 7 nitrogen and oxygen atoms in total. The van der Waals surface area contributed by atoms with E-state index in [0.717, 1.165) is 15.5 Å². The standard InChI is InChI=1S/C13H20N4O3/c1-9(18)6-4-5-7-17-12(19)10-11(14-8-15(10)2)16(3)13(17)20/h8-9,18H,4-7H2,1-3H3/t9-/m0/s1/i2D3. The van der Waals surface area contributed by atoms with Crippen molar-refractivity contribution in [2.45, 2.75) is 38.8 Å². The summed E-state index contributed by atoms with van der Waals surface area (Å²) in [4.78, 5) is 28.7. The van der Waals surface area contributed by atoms with Gasteiger partial charge in [0.25, 0.3) is 5.56 Å². The molecule has 110 valence electrons. The van der Waals surface area contributed by atoms with E-state index >= 15 is 0 Å². The largest absolute Gasteiger partial charge is 0.393 e. The molecule has 0 aromatic carbocycles. The molecule has 0 amide bonds. The summed E-state index contributed by atoms with van der Waals surface area (Å²) in [6, 6.07) is 0. The minimum Gasteiger partial charge on any atom is -0.393 e. The highest BCUT2D eigenvalue weighted by atomic mass is 16.3. The van der Waals surface area contributed by atoms with Gasteiger partial charge in [-0.3, -0.25) is 13.9 Å². The Hall–Kier alpha value is -1.89. The number of hydrogen-bond acceptors (Lipinski definition) is 4. The van der Waals surface area contributed by atoms with Gasteiger partial charge in [0, 0.05) is 24.7 Å². The number of hydrogen-bond donors (Lipinski definition) is 1. The van der Waals surface area contributed by atoms with E-state index in [9.17, 15) is 14.7 Å². The summed E-state index contributed by atoms with van der Waals surface area (Å²) in [5, 5.41) is 9.23. The third-order valence-electron chi connectivity index (χ3n) is 3.29. The van der Waals surface area contributed by atoms with E-state index in [2.05, 4.69) is 4.98 Å². The van der Waals surface area contributed by atoms with E-state index < -0.39 is 24.3 Å². The Bertz CT molecular complexity index is 817. The first-order chi connectivity index (χ1) is 10.6. The van der Waals surface area contributed by atoms with E-state index in [4.69, 9.17) is 4.11 Å². The number of rotatable bonds is 5. The predicted octanol–water partition coefficient (Wildman–Crippen LogP) is -0.0152. The zero-order chi connectivity index (χ0) is 17.4. The fourth-order valence-electron chi connectivity index (χ4n) is 2.18. The van der Waals surface area contributed by atoms with Gasteiger partial charge in [-0.25, -0.2) is 9.78 Å². The van der Waals surface area contributed by atoms with Gasteiger partial charge in [-0.1, -0.05) is 0 Å². The average Bonchev–Trinajstić information content (AvgIpc) is 2.89. The van der Waals surface area contributed by atoms with Crippen LogP contribution in [0.3, 0.4) is 0 Å². The summed E-state index contributed by atoms with van der Waals surface area (Å²) in [5.74, 6) is 0. The zero-order valence-electron chi connectivity index (χ0n) is 14.5. The molecule has 7 heteroatoms. The van der Waals surface area contributed by atoms with Crippen LogP contribution in [0.5, 0.6) is 0 Å². The maximum Gasteiger partial charge on any atom is 0.332 e. The molecule has 2 heterocycles. The highest BCUT2D eigenvalue weighted by Gasteiger charge is 2.14. The van der Waals surface area contributed by atoms with Crippen LogP contribution in [0.15, 0.2) is 15.9 Å². The number of aliphatic hydroxyl groups is 1. The van der Waals surface area contributed by atoms with Crippen molar-refractivity contribution in [3.8, 4) is 0 Å². The van der Waals surface area contributed by atoms with Crippen molar-refractivity contribution < 1.29 is 9.22 Å². The maximum absolute atomic E-state index is 12.5. The van der Waals surface area contributed by atoms with Gasteiger partial charge in [0.15, 0.2) is 11.2 Å². The molecule has 0 aliphatic heterocycles. The number of nitrogens with zero attached hydrogens (tertiary/aromatic N) is 4. The molecule has 2 rings (SSSR count). The van der Waals surface area contributed by atoms with Crippen molar-refractivity contribution >= 4 is 11.2 Å². The Labute approximate surface area is 120 Å². The summed E-state index contributed by atoms with van der Waals surface area (Å²) < 4.78 is 25.4. The maximum atomic E-state index is 12.5. The number of unbranched alkanes of at least 4 members (excludes halogenated alkanes) is 1. The van der Waals surface area contributed by atoms with Crippen LogP contribution in [0, 0.1) is 0 Å². The number of fused-ring (bicyclic) bond motifs is 1. The molecule has 0 fully saturated rings. The van der Waals surface area contributed by atoms with Crippen LogP contribution >= 0.6 is 0 Å². The van der Waals surface area contributed by atoms with Crippen molar-refractivity contribution in [2.24, 2.45) is 14.0 Å². The lowest BCUT2D eigenvalue weighted by atomic mass is 10.2. The highest BCUT2D eigenvalue weighted by Crippen LogP contribution is 2.04. The van der Waals surface area contributed by atoms with Crippen LogP contribution in [0.4, 0.5) is 0 Å². The Morgan fingerprint density at radius 1 is 1.45 bits per heavy atom. The van der Waals surface area contributed by atoms with Gasteiger partial charge in [0.2, 0.25) is 0 Å². The predicted molar refractivity (Wildman–Crippen MR) is 75.7 cm³/mol. The van der Waals surface area contributed by atoms with Crippen LogP contribution in [0.2, 0.25) is 0 Å². The molecule has 0 unspecified atom stereocenters. The summed E-state index contributed by atoms with van der Waals surface area (Å²) in [5.41, 5.74) is -1.25. The monoisotopic (exact) mass is 283 g/mol. The zero-order valence-corrected chi connectivity index (χ0v) is 11.5. The lowest BCUT2D eigenvalue weighted by Gasteiger charge is -2.09. The van der Waals surface area contributed by atoms with E-state index in [0.29, 0.717) is 19.3 Å². The molecule has 0 aliphatic rings. The average molecular weight is 283 g/mol. The molecule has 0 saturated heterocycles. The Kier molecular flexibility index (Phi) is 3.05.